The summed E-state index contributed by atoms with van der Waals surface area (Å²) in [6.07, 6.45) is 9.72. The lowest BCUT2D eigenvalue weighted by Crippen LogP contribution is -2.34. The fourth-order valence-corrected chi connectivity index (χ4v) is 3.68. The van der Waals surface area contributed by atoms with Gasteiger partial charge >= 0.3 is 0 Å². The molecule has 1 saturated heterocycles. The molecule has 0 radical (unpaired) electrons. The molecule has 0 amide bonds. The first-order valence-corrected chi connectivity index (χ1v) is 9.38. The van der Waals surface area contributed by atoms with Crippen LogP contribution in [0.25, 0.3) is 0 Å². The summed E-state index contributed by atoms with van der Waals surface area (Å²) < 4.78 is 2.00. The molecule has 4 rings (SSSR count). The fraction of sp³-hybridized carbons (Fsp3) is 0.400. The predicted molar refractivity (Wildman–Crippen MR) is 105 cm³/mol. The van der Waals surface area contributed by atoms with Gasteiger partial charge in [-0.2, -0.15) is 0 Å². The summed E-state index contributed by atoms with van der Waals surface area (Å²) in [4.78, 5) is 20.7. The summed E-state index contributed by atoms with van der Waals surface area (Å²) in [5.41, 5.74) is 3.11. The van der Waals surface area contributed by atoms with Gasteiger partial charge in [-0.1, -0.05) is 6.07 Å². The van der Waals surface area contributed by atoms with Crippen molar-refractivity contribution >= 4 is 11.6 Å². The van der Waals surface area contributed by atoms with Gasteiger partial charge in [0.1, 0.15) is 5.82 Å². The lowest BCUT2D eigenvalue weighted by Gasteiger charge is -2.32. The minimum atomic E-state index is 0.350. The number of imidazole rings is 1. The van der Waals surface area contributed by atoms with Crippen LogP contribution in [0, 0.1) is 6.92 Å². The maximum atomic E-state index is 4.67. The van der Waals surface area contributed by atoms with Crippen LogP contribution in [0.3, 0.4) is 0 Å². The second-order valence-corrected chi connectivity index (χ2v) is 7.18. The Balaban J connectivity index is 1.50. The zero-order chi connectivity index (χ0) is 18.6. The molecule has 1 unspecified atom stereocenters. The van der Waals surface area contributed by atoms with E-state index in [-0.39, 0.29) is 0 Å². The molecule has 0 aliphatic carbocycles. The van der Waals surface area contributed by atoms with E-state index in [1.54, 1.807) is 12.4 Å². The smallest absolute Gasteiger partial charge is 0.153 e. The minimum absolute atomic E-state index is 0.350. The molecule has 27 heavy (non-hydrogen) atoms. The maximum absolute atomic E-state index is 4.67. The Kier molecular flexibility index (Phi) is 5.11. The lowest BCUT2D eigenvalue weighted by atomic mass is 9.94. The molecule has 0 aromatic carbocycles. The quantitative estimate of drug-likeness (QED) is 0.751. The highest BCUT2D eigenvalue weighted by Gasteiger charge is 2.25. The summed E-state index contributed by atoms with van der Waals surface area (Å²) in [6, 6.07) is 5.94. The predicted octanol–water partition coefficient (Wildman–Crippen LogP) is 3.04. The van der Waals surface area contributed by atoms with E-state index >= 15 is 0 Å². The van der Waals surface area contributed by atoms with Gasteiger partial charge in [0.15, 0.2) is 5.82 Å². The van der Waals surface area contributed by atoms with Crippen molar-refractivity contribution in [2.75, 3.05) is 18.4 Å². The van der Waals surface area contributed by atoms with E-state index in [0.717, 1.165) is 61.2 Å². The van der Waals surface area contributed by atoms with Gasteiger partial charge < -0.3 is 9.88 Å². The number of nitrogens with one attached hydrogen (secondary N) is 1. The molecular formula is C20H25N7. The summed E-state index contributed by atoms with van der Waals surface area (Å²) in [5.74, 6) is 1.96. The van der Waals surface area contributed by atoms with E-state index in [0.29, 0.717) is 5.92 Å². The Bertz CT molecular complexity index is 905. The van der Waals surface area contributed by atoms with E-state index in [9.17, 15) is 0 Å². The second kappa shape index (κ2) is 7.84. The monoisotopic (exact) mass is 363 g/mol. The molecule has 7 heteroatoms. The average Bonchev–Trinajstić information content (AvgIpc) is 3.07. The first-order chi connectivity index (χ1) is 13.2. The number of rotatable bonds is 5. The van der Waals surface area contributed by atoms with Crippen LogP contribution in [0.2, 0.25) is 0 Å². The normalized spacial score (nSPS) is 17.8. The van der Waals surface area contributed by atoms with Crippen molar-refractivity contribution < 1.29 is 0 Å². The number of likely N-dealkylation sites (tertiary alicyclic amines) is 1. The van der Waals surface area contributed by atoms with Gasteiger partial charge in [-0.05, 0) is 38.4 Å². The van der Waals surface area contributed by atoms with E-state index < -0.39 is 0 Å². The third-order valence-corrected chi connectivity index (χ3v) is 4.90. The van der Waals surface area contributed by atoms with Crippen LogP contribution in [0.4, 0.5) is 11.6 Å². The maximum Gasteiger partial charge on any atom is 0.153 e. The first-order valence-electron chi connectivity index (χ1n) is 9.38. The SMILES string of the molecule is Cc1cccc(Nc2nccnc2C2CCCN(Cc3cn(C)cn3)C2)n1. The molecule has 0 bridgehead atoms. The van der Waals surface area contributed by atoms with Crippen molar-refractivity contribution in [3.05, 3.63) is 60.2 Å². The van der Waals surface area contributed by atoms with Crippen LogP contribution in [0.1, 0.15) is 35.8 Å². The summed E-state index contributed by atoms with van der Waals surface area (Å²) in [5, 5.41) is 3.36. The molecule has 0 saturated carbocycles. The second-order valence-electron chi connectivity index (χ2n) is 7.18. The topological polar surface area (TPSA) is 71.8 Å². The van der Waals surface area contributed by atoms with E-state index in [2.05, 4.69) is 36.3 Å². The Morgan fingerprint density at radius 3 is 2.89 bits per heavy atom. The van der Waals surface area contributed by atoms with Crippen molar-refractivity contribution in [3.8, 4) is 0 Å². The summed E-state index contributed by atoms with van der Waals surface area (Å²) in [7, 11) is 2.01. The van der Waals surface area contributed by atoms with Gasteiger partial charge in [0.25, 0.3) is 0 Å². The summed E-state index contributed by atoms with van der Waals surface area (Å²) >= 11 is 0. The van der Waals surface area contributed by atoms with Gasteiger partial charge in [0.05, 0.1) is 17.7 Å². The van der Waals surface area contributed by atoms with Gasteiger partial charge in [0, 0.05) is 50.3 Å². The molecule has 3 aromatic heterocycles. The van der Waals surface area contributed by atoms with Crippen LogP contribution < -0.4 is 5.32 Å². The van der Waals surface area contributed by atoms with Gasteiger partial charge in [-0.3, -0.25) is 9.88 Å². The number of hydrogen-bond acceptors (Lipinski definition) is 6. The number of piperidine rings is 1. The number of pyridine rings is 1. The van der Waals surface area contributed by atoms with Crippen molar-refractivity contribution in [1.29, 1.82) is 0 Å². The highest BCUT2D eigenvalue weighted by molar-refractivity contribution is 5.55. The Labute approximate surface area is 159 Å². The van der Waals surface area contributed by atoms with Crippen molar-refractivity contribution in [2.24, 2.45) is 7.05 Å². The minimum Gasteiger partial charge on any atom is -0.340 e. The molecule has 1 atom stereocenters. The number of anilines is 2. The molecule has 140 valence electrons. The highest BCUT2D eigenvalue weighted by atomic mass is 15.2. The van der Waals surface area contributed by atoms with Crippen molar-refractivity contribution in [1.82, 2.24) is 29.4 Å². The number of nitrogens with zero attached hydrogens (tertiary/aromatic N) is 6. The molecule has 1 aliphatic heterocycles. The van der Waals surface area contributed by atoms with Gasteiger partial charge in [-0.15, -0.1) is 0 Å². The zero-order valence-electron chi connectivity index (χ0n) is 15.8. The number of aromatic nitrogens is 5. The Hall–Kier alpha value is -2.80. The number of hydrogen-bond donors (Lipinski definition) is 1. The zero-order valence-corrected chi connectivity index (χ0v) is 15.8. The molecular weight excluding hydrogens is 338 g/mol. The van der Waals surface area contributed by atoms with Crippen LogP contribution in [-0.4, -0.2) is 42.5 Å². The molecule has 0 spiro atoms. The van der Waals surface area contributed by atoms with Crippen molar-refractivity contribution in [2.45, 2.75) is 32.2 Å². The Morgan fingerprint density at radius 2 is 2.07 bits per heavy atom. The Morgan fingerprint density at radius 1 is 1.19 bits per heavy atom. The van der Waals surface area contributed by atoms with Crippen LogP contribution in [0.15, 0.2) is 43.1 Å². The van der Waals surface area contributed by atoms with E-state index in [1.807, 2.05) is 43.1 Å². The lowest BCUT2D eigenvalue weighted by molar-refractivity contribution is 0.197. The third kappa shape index (κ3) is 4.31. The fourth-order valence-electron chi connectivity index (χ4n) is 3.68. The molecule has 1 N–H and O–H groups in total. The summed E-state index contributed by atoms with van der Waals surface area (Å²) in [6.45, 7) is 4.92. The average molecular weight is 363 g/mol. The standard InChI is InChI=1S/C20H25N7/c1-15-5-3-7-18(24-15)25-20-19(21-8-9-22-20)16-6-4-10-27(11-16)13-17-12-26(2)14-23-17/h3,5,7-9,12,14,16H,4,6,10-11,13H2,1-2H3,(H,22,24,25). The van der Waals surface area contributed by atoms with Gasteiger partial charge in [0.2, 0.25) is 0 Å². The van der Waals surface area contributed by atoms with Crippen LogP contribution in [0.5, 0.6) is 0 Å². The largest absolute Gasteiger partial charge is 0.340 e. The molecule has 7 nitrogen and oxygen atoms in total. The molecule has 4 heterocycles. The van der Waals surface area contributed by atoms with E-state index in [1.165, 1.54) is 0 Å². The van der Waals surface area contributed by atoms with Crippen molar-refractivity contribution in [3.63, 3.8) is 0 Å². The van der Waals surface area contributed by atoms with Crippen LogP contribution >= 0.6 is 0 Å². The molecule has 1 fully saturated rings. The number of aryl methyl sites for hydroxylation is 2. The van der Waals surface area contributed by atoms with Gasteiger partial charge in [-0.25, -0.2) is 15.0 Å². The molecule has 3 aromatic rings. The first kappa shape index (κ1) is 17.6. The highest BCUT2D eigenvalue weighted by Crippen LogP contribution is 2.30. The third-order valence-electron chi connectivity index (χ3n) is 4.90. The van der Waals surface area contributed by atoms with E-state index in [4.69, 9.17) is 0 Å². The van der Waals surface area contributed by atoms with Crippen LogP contribution in [-0.2, 0) is 13.6 Å². The molecule has 1 aliphatic rings.